The average Bonchev–Trinajstić information content (AvgIpc) is 3.22. The van der Waals surface area contributed by atoms with Crippen LogP contribution >= 0.6 is 0 Å². The zero-order valence-electron chi connectivity index (χ0n) is 16.5. The van der Waals surface area contributed by atoms with Gasteiger partial charge in [0.2, 0.25) is 17.7 Å². The highest BCUT2D eigenvalue weighted by Gasteiger charge is 2.37. The monoisotopic (exact) mass is 421 g/mol. The Kier molecular flexibility index (Phi) is 7.02. The van der Waals surface area contributed by atoms with E-state index in [0.29, 0.717) is 44.5 Å². The molecular formula is C21H25F2N3O4. The van der Waals surface area contributed by atoms with Crippen molar-refractivity contribution in [1.29, 1.82) is 0 Å². The van der Waals surface area contributed by atoms with Gasteiger partial charge in [0.05, 0.1) is 0 Å². The molecule has 0 unspecified atom stereocenters. The number of alkyl halides is 2. The fraction of sp³-hybridized carbons (Fsp3) is 0.476. The molecule has 1 aromatic carbocycles. The van der Waals surface area contributed by atoms with Gasteiger partial charge in [-0.15, -0.1) is 0 Å². The first-order valence-corrected chi connectivity index (χ1v) is 9.97. The van der Waals surface area contributed by atoms with Crippen LogP contribution in [0, 0.1) is 5.92 Å². The second-order valence-corrected chi connectivity index (χ2v) is 7.47. The van der Waals surface area contributed by atoms with E-state index >= 15 is 0 Å². The summed E-state index contributed by atoms with van der Waals surface area (Å²) in [6, 6.07) is 5.46. The van der Waals surface area contributed by atoms with E-state index in [0.717, 1.165) is 6.42 Å². The van der Waals surface area contributed by atoms with Gasteiger partial charge in [-0.1, -0.05) is 12.1 Å². The van der Waals surface area contributed by atoms with Crippen molar-refractivity contribution in [3.8, 4) is 5.75 Å². The van der Waals surface area contributed by atoms with E-state index < -0.39 is 18.6 Å². The van der Waals surface area contributed by atoms with E-state index in [1.54, 1.807) is 28.0 Å². The van der Waals surface area contributed by atoms with Gasteiger partial charge < -0.3 is 20.3 Å². The van der Waals surface area contributed by atoms with Crippen molar-refractivity contribution in [3.63, 3.8) is 0 Å². The van der Waals surface area contributed by atoms with Gasteiger partial charge in [-0.2, -0.15) is 8.78 Å². The Bertz CT molecular complexity index is 805. The third-order valence-electron chi connectivity index (χ3n) is 5.54. The maximum atomic E-state index is 12.7. The quantitative estimate of drug-likeness (QED) is 0.712. The molecule has 7 nitrogen and oxygen atoms in total. The zero-order chi connectivity index (χ0) is 21.7. The highest BCUT2D eigenvalue weighted by molar-refractivity contribution is 5.92. The largest absolute Gasteiger partial charge is 0.435 e. The third-order valence-corrected chi connectivity index (χ3v) is 5.54. The maximum absolute atomic E-state index is 12.7. The Morgan fingerprint density at radius 3 is 2.33 bits per heavy atom. The molecule has 0 aliphatic carbocycles. The number of nitrogens with zero attached hydrogens (tertiary/aromatic N) is 2. The maximum Gasteiger partial charge on any atom is 0.387 e. The molecular weight excluding hydrogens is 396 g/mol. The number of nitrogens with two attached hydrogens (primary N) is 1. The van der Waals surface area contributed by atoms with Crippen LogP contribution in [0.25, 0.3) is 6.08 Å². The number of likely N-dealkylation sites (tertiary alicyclic amines) is 2. The van der Waals surface area contributed by atoms with Crippen LogP contribution in [-0.2, 0) is 14.4 Å². The number of carbonyl (C=O) groups excluding carboxylic acids is 3. The van der Waals surface area contributed by atoms with Gasteiger partial charge in [-0.25, -0.2) is 0 Å². The summed E-state index contributed by atoms with van der Waals surface area (Å²) in [5.74, 6) is -0.848. The van der Waals surface area contributed by atoms with E-state index in [1.165, 1.54) is 18.2 Å². The molecule has 0 saturated carbocycles. The van der Waals surface area contributed by atoms with Crippen molar-refractivity contribution in [2.45, 2.75) is 38.3 Å². The summed E-state index contributed by atoms with van der Waals surface area (Å²) in [7, 11) is 0. The molecule has 162 valence electrons. The number of primary amides is 1. The van der Waals surface area contributed by atoms with Gasteiger partial charge in [0, 0.05) is 31.6 Å². The second kappa shape index (κ2) is 9.69. The van der Waals surface area contributed by atoms with E-state index in [4.69, 9.17) is 5.73 Å². The van der Waals surface area contributed by atoms with Crippen LogP contribution in [-0.4, -0.2) is 59.8 Å². The lowest BCUT2D eigenvalue weighted by atomic mass is 9.94. The van der Waals surface area contributed by atoms with Crippen LogP contribution in [0.1, 0.15) is 31.2 Å². The van der Waals surface area contributed by atoms with Crippen LogP contribution in [0.15, 0.2) is 30.3 Å². The first kappa shape index (κ1) is 21.7. The molecule has 30 heavy (non-hydrogen) atoms. The van der Waals surface area contributed by atoms with Gasteiger partial charge in [0.1, 0.15) is 11.8 Å². The van der Waals surface area contributed by atoms with Crippen molar-refractivity contribution < 1.29 is 27.9 Å². The molecule has 2 N–H and O–H groups in total. The molecule has 0 spiro atoms. The van der Waals surface area contributed by atoms with Crippen LogP contribution in [0.5, 0.6) is 5.75 Å². The number of ether oxygens (including phenoxy) is 1. The Morgan fingerprint density at radius 2 is 1.73 bits per heavy atom. The van der Waals surface area contributed by atoms with Gasteiger partial charge in [-0.05, 0) is 49.5 Å². The molecule has 2 aliphatic heterocycles. The Labute approximate surface area is 173 Å². The second-order valence-electron chi connectivity index (χ2n) is 7.47. The smallest absolute Gasteiger partial charge is 0.387 e. The van der Waals surface area contributed by atoms with Crippen molar-refractivity contribution in [2.75, 3.05) is 19.6 Å². The number of halogens is 2. The number of rotatable bonds is 6. The third kappa shape index (κ3) is 5.34. The van der Waals surface area contributed by atoms with E-state index in [9.17, 15) is 23.2 Å². The van der Waals surface area contributed by atoms with Crippen LogP contribution in [0.3, 0.4) is 0 Å². The minimum Gasteiger partial charge on any atom is -0.435 e. The lowest BCUT2D eigenvalue weighted by Gasteiger charge is -2.34. The normalized spacial score (nSPS) is 20.2. The van der Waals surface area contributed by atoms with Gasteiger partial charge in [-0.3, -0.25) is 14.4 Å². The van der Waals surface area contributed by atoms with Crippen LogP contribution in [0.4, 0.5) is 8.78 Å². The first-order valence-electron chi connectivity index (χ1n) is 9.97. The molecule has 3 rings (SSSR count). The molecule has 3 amide bonds. The number of hydrogen-bond donors (Lipinski definition) is 1. The molecule has 0 radical (unpaired) electrons. The van der Waals surface area contributed by atoms with E-state index in [2.05, 4.69) is 4.74 Å². The molecule has 1 atom stereocenters. The van der Waals surface area contributed by atoms with Gasteiger partial charge >= 0.3 is 6.61 Å². The number of amides is 3. The Morgan fingerprint density at radius 1 is 1.07 bits per heavy atom. The Balaban J connectivity index is 1.49. The molecule has 2 fully saturated rings. The molecule has 0 aromatic heterocycles. The summed E-state index contributed by atoms with van der Waals surface area (Å²) in [6.45, 7) is -1.42. The van der Waals surface area contributed by atoms with Crippen LogP contribution in [0.2, 0.25) is 0 Å². The molecule has 0 bridgehead atoms. The number of carbonyl (C=O) groups is 3. The predicted molar refractivity (Wildman–Crippen MR) is 105 cm³/mol. The highest BCUT2D eigenvalue weighted by atomic mass is 19.3. The first-order chi connectivity index (χ1) is 14.3. The van der Waals surface area contributed by atoms with Crippen molar-refractivity contribution in [3.05, 3.63) is 35.9 Å². The standard InChI is InChI=1S/C21H25F2N3O4/c22-21(23)30-16-6-3-14(4-7-16)5-8-18(27)25-12-9-15(10-13-25)20(29)26-11-1-2-17(26)19(24)28/h3-8,15,17,21H,1-2,9-13H2,(H2,24,28)/b8-5+/t17-/m0/s1. The van der Waals surface area contributed by atoms with E-state index in [-0.39, 0.29) is 23.5 Å². The topological polar surface area (TPSA) is 92.9 Å². The fourth-order valence-electron chi connectivity index (χ4n) is 3.94. The minimum absolute atomic E-state index is 0.0509. The predicted octanol–water partition coefficient (Wildman–Crippen LogP) is 2.02. The Hall–Kier alpha value is -2.97. The molecule has 1 aromatic rings. The molecule has 2 saturated heterocycles. The van der Waals surface area contributed by atoms with Gasteiger partial charge in [0.25, 0.3) is 0 Å². The summed E-state index contributed by atoms with van der Waals surface area (Å²) in [4.78, 5) is 39.9. The molecule has 9 heteroatoms. The SMILES string of the molecule is NC(=O)[C@@H]1CCCN1C(=O)C1CCN(C(=O)/C=C/c2ccc(OC(F)F)cc2)CC1. The summed E-state index contributed by atoms with van der Waals surface area (Å²) >= 11 is 0. The summed E-state index contributed by atoms with van der Waals surface area (Å²) in [5.41, 5.74) is 6.08. The average molecular weight is 421 g/mol. The fourth-order valence-corrected chi connectivity index (χ4v) is 3.94. The van der Waals surface area contributed by atoms with Crippen molar-refractivity contribution in [2.24, 2.45) is 11.7 Å². The molecule has 2 heterocycles. The summed E-state index contributed by atoms with van der Waals surface area (Å²) < 4.78 is 28.6. The molecule has 2 aliphatic rings. The highest BCUT2D eigenvalue weighted by Crippen LogP contribution is 2.25. The van der Waals surface area contributed by atoms with Crippen molar-refractivity contribution >= 4 is 23.8 Å². The van der Waals surface area contributed by atoms with Gasteiger partial charge in [0.15, 0.2) is 0 Å². The number of piperidine rings is 1. The number of hydrogen-bond acceptors (Lipinski definition) is 4. The lowest BCUT2D eigenvalue weighted by molar-refractivity contribution is -0.143. The zero-order valence-corrected chi connectivity index (χ0v) is 16.5. The lowest BCUT2D eigenvalue weighted by Crippen LogP contribution is -2.48. The van der Waals surface area contributed by atoms with E-state index in [1.807, 2.05) is 0 Å². The summed E-state index contributed by atoms with van der Waals surface area (Å²) in [5, 5.41) is 0. The number of benzene rings is 1. The van der Waals surface area contributed by atoms with Crippen molar-refractivity contribution in [1.82, 2.24) is 9.80 Å². The summed E-state index contributed by atoms with van der Waals surface area (Å²) in [6.07, 6.45) is 5.50. The minimum atomic E-state index is -2.88. The van der Waals surface area contributed by atoms with Crippen LogP contribution < -0.4 is 10.5 Å².